The number of amides is 1. The molecule has 0 spiro atoms. The van der Waals surface area contributed by atoms with Gasteiger partial charge in [0.1, 0.15) is 5.82 Å². The highest BCUT2D eigenvalue weighted by atomic mass is 16.2. The van der Waals surface area contributed by atoms with Crippen molar-refractivity contribution in [1.29, 1.82) is 0 Å². The summed E-state index contributed by atoms with van der Waals surface area (Å²) in [5.41, 5.74) is 7.38. The number of nitrogen functional groups attached to an aromatic ring is 1. The molecule has 0 radical (unpaired) electrons. The second-order valence-electron chi connectivity index (χ2n) is 8.57. The number of aromatic nitrogens is 2. The number of piperidine rings is 1. The van der Waals surface area contributed by atoms with E-state index >= 15 is 0 Å². The molecule has 2 aromatic rings. The number of nitrogens with zero attached hydrogens (tertiary/aromatic N) is 3. The van der Waals surface area contributed by atoms with Gasteiger partial charge in [-0.25, -0.2) is 4.98 Å². The molecule has 0 aromatic carbocycles. The number of hydrogen-bond donors (Lipinski definition) is 1. The van der Waals surface area contributed by atoms with Crippen LogP contribution in [-0.4, -0.2) is 33.4 Å². The Morgan fingerprint density at radius 2 is 2.07 bits per heavy atom. The van der Waals surface area contributed by atoms with Crippen molar-refractivity contribution in [1.82, 2.24) is 14.5 Å². The Kier molecular flexibility index (Phi) is 4.96. The predicted molar refractivity (Wildman–Crippen MR) is 109 cm³/mol. The Morgan fingerprint density at radius 3 is 2.79 bits per heavy atom. The maximum absolute atomic E-state index is 13.1. The van der Waals surface area contributed by atoms with Crippen molar-refractivity contribution in [2.75, 3.05) is 18.8 Å². The summed E-state index contributed by atoms with van der Waals surface area (Å²) in [7, 11) is 0. The van der Waals surface area contributed by atoms with E-state index in [1.54, 1.807) is 24.4 Å². The summed E-state index contributed by atoms with van der Waals surface area (Å²) in [6.07, 6.45) is 4.63. The van der Waals surface area contributed by atoms with Crippen LogP contribution >= 0.6 is 0 Å². The molecule has 0 saturated carbocycles. The van der Waals surface area contributed by atoms with E-state index < -0.39 is 0 Å². The van der Waals surface area contributed by atoms with Crippen LogP contribution in [0.1, 0.15) is 61.1 Å². The van der Waals surface area contributed by atoms with Gasteiger partial charge in [0.2, 0.25) is 0 Å². The van der Waals surface area contributed by atoms with Crippen LogP contribution in [0.3, 0.4) is 0 Å². The first kappa shape index (κ1) is 18.7. The third-order valence-electron chi connectivity index (χ3n) is 6.16. The summed E-state index contributed by atoms with van der Waals surface area (Å²) in [5, 5.41) is 0. The Hall–Kier alpha value is -2.63. The van der Waals surface area contributed by atoms with Gasteiger partial charge in [0, 0.05) is 43.0 Å². The fourth-order valence-corrected chi connectivity index (χ4v) is 4.80. The Labute approximate surface area is 165 Å². The van der Waals surface area contributed by atoms with Crippen molar-refractivity contribution in [3.05, 3.63) is 58.1 Å². The number of anilines is 1. The van der Waals surface area contributed by atoms with Crippen LogP contribution in [0, 0.1) is 11.8 Å². The average Bonchev–Trinajstić information content (AvgIpc) is 2.68. The molecular weight excluding hydrogens is 352 g/mol. The summed E-state index contributed by atoms with van der Waals surface area (Å²) in [5.74, 6) is 1.50. The molecule has 6 heteroatoms. The number of fused-ring (bicyclic) bond motifs is 4. The Morgan fingerprint density at radius 1 is 1.25 bits per heavy atom. The fourth-order valence-electron chi connectivity index (χ4n) is 4.80. The molecule has 2 aliphatic rings. The molecule has 2 bridgehead atoms. The molecule has 2 aliphatic heterocycles. The van der Waals surface area contributed by atoms with Gasteiger partial charge in [0.05, 0.1) is 5.56 Å². The van der Waals surface area contributed by atoms with Crippen molar-refractivity contribution in [2.45, 2.75) is 45.1 Å². The quantitative estimate of drug-likeness (QED) is 0.884. The first-order chi connectivity index (χ1) is 13.4. The lowest BCUT2D eigenvalue weighted by Crippen LogP contribution is -2.51. The lowest BCUT2D eigenvalue weighted by atomic mass is 9.76. The van der Waals surface area contributed by atoms with Gasteiger partial charge < -0.3 is 15.2 Å². The normalized spacial score (nSPS) is 23.5. The van der Waals surface area contributed by atoms with Gasteiger partial charge in [-0.2, -0.15) is 0 Å². The molecule has 148 valence electrons. The smallest absolute Gasteiger partial charge is 0.255 e. The third-order valence-corrected chi connectivity index (χ3v) is 6.16. The molecule has 28 heavy (non-hydrogen) atoms. The summed E-state index contributed by atoms with van der Waals surface area (Å²) in [4.78, 5) is 31.8. The lowest BCUT2D eigenvalue weighted by molar-refractivity contribution is 0.0513. The second kappa shape index (κ2) is 7.41. The van der Waals surface area contributed by atoms with E-state index in [2.05, 4.69) is 24.9 Å². The first-order valence-corrected chi connectivity index (χ1v) is 10.2. The van der Waals surface area contributed by atoms with E-state index in [0.29, 0.717) is 36.3 Å². The van der Waals surface area contributed by atoms with Gasteiger partial charge >= 0.3 is 0 Å². The van der Waals surface area contributed by atoms with Gasteiger partial charge in [-0.3, -0.25) is 9.59 Å². The molecule has 6 nitrogen and oxygen atoms in total. The van der Waals surface area contributed by atoms with E-state index in [1.807, 2.05) is 15.5 Å². The van der Waals surface area contributed by atoms with Gasteiger partial charge in [-0.05, 0) is 49.3 Å². The maximum atomic E-state index is 13.1. The average molecular weight is 380 g/mol. The van der Waals surface area contributed by atoms with E-state index in [4.69, 9.17) is 5.73 Å². The van der Waals surface area contributed by atoms with E-state index in [0.717, 1.165) is 25.0 Å². The largest absolute Gasteiger partial charge is 0.384 e. The van der Waals surface area contributed by atoms with E-state index in [9.17, 15) is 9.59 Å². The summed E-state index contributed by atoms with van der Waals surface area (Å²) < 4.78 is 2.02. The molecule has 3 atom stereocenters. The van der Waals surface area contributed by atoms with Crippen LogP contribution in [-0.2, 0) is 0 Å². The lowest BCUT2D eigenvalue weighted by Gasteiger charge is -2.47. The molecule has 4 heterocycles. The van der Waals surface area contributed by atoms with E-state index in [-0.39, 0.29) is 23.4 Å². The van der Waals surface area contributed by atoms with Gasteiger partial charge in [-0.1, -0.05) is 19.9 Å². The van der Waals surface area contributed by atoms with Crippen LogP contribution in [0.25, 0.3) is 0 Å². The van der Waals surface area contributed by atoms with Gasteiger partial charge in [0.15, 0.2) is 0 Å². The van der Waals surface area contributed by atoms with E-state index in [1.165, 1.54) is 0 Å². The maximum Gasteiger partial charge on any atom is 0.255 e. The summed E-state index contributed by atoms with van der Waals surface area (Å²) >= 11 is 0. The highest BCUT2D eigenvalue weighted by molar-refractivity contribution is 5.94. The highest BCUT2D eigenvalue weighted by Crippen LogP contribution is 2.43. The van der Waals surface area contributed by atoms with Crippen molar-refractivity contribution >= 4 is 11.7 Å². The second-order valence-corrected chi connectivity index (χ2v) is 8.57. The minimum atomic E-state index is -0.00321. The number of pyridine rings is 2. The number of hydrogen-bond acceptors (Lipinski definition) is 4. The van der Waals surface area contributed by atoms with Crippen molar-refractivity contribution in [2.24, 2.45) is 11.8 Å². The van der Waals surface area contributed by atoms with Crippen LogP contribution in [0.15, 0.2) is 41.3 Å². The van der Waals surface area contributed by atoms with Crippen LogP contribution in [0.4, 0.5) is 5.82 Å². The minimum Gasteiger partial charge on any atom is -0.384 e. The van der Waals surface area contributed by atoms with Crippen molar-refractivity contribution in [3.8, 4) is 0 Å². The molecule has 1 amide bonds. The zero-order valence-electron chi connectivity index (χ0n) is 16.5. The highest BCUT2D eigenvalue weighted by Gasteiger charge is 2.41. The number of nitrogens with two attached hydrogens (primary N) is 1. The molecule has 4 rings (SSSR count). The van der Waals surface area contributed by atoms with Crippen LogP contribution < -0.4 is 11.3 Å². The molecule has 2 N–H and O–H groups in total. The number of rotatable bonds is 4. The van der Waals surface area contributed by atoms with Gasteiger partial charge in [0.25, 0.3) is 11.5 Å². The molecule has 2 aromatic heterocycles. The SMILES string of the molecule is CC(C)CC[C@H]1[C@H]2C[C@H](CN(C(=O)c3ccc(N)nc3)C2)c2cccc(=O)n21. The first-order valence-electron chi connectivity index (χ1n) is 10.2. The molecule has 1 saturated heterocycles. The van der Waals surface area contributed by atoms with Gasteiger partial charge in [-0.15, -0.1) is 0 Å². The topological polar surface area (TPSA) is 81.2 Å². The minimum absolute atomic E-state index is 0.00321. The van der Waals surface area contributed by atoms with Crippen molar-refractivity contribution < 1.29 is 4.79 Å². The zero-order chi connectivity index (χ0) is 19.8. The molecular formula is C22H28N4O2. The molecule has 1 fully saturated rings. The standard InChI is InChI=1S/C22H28N4O2/c1-14(2)6-8-19-17-10-16(18-4-3-5-21(27)26(18)19)12-25(13-17)22(28)15-7-9-20(23)24-11-15/h3-5,7,9,11,14,16-17,19H,6,8,10,12-13H2,1-2H3,(H2,23,24)/t16-,17+,19+/m1/s1. The zero-order valence-corrected chi connectivity index (χ0v) is 16.5. The molecule has 0 aliphatic carbocycles. The Bertz CT molecular complexity index is 919. The Balaban J connectivity index is 1.65. The summed E-state index contributed by atoms with van der Waals surface area (Å²) in [6.45, 7) is 5.75. The monoisotopic (exact) mass is 380 g/mol. The predicted octanol–water partition coefficient (Wildman–Crippen LogP) is 3.06. The summed E-state index contributed by atoms with van der Waals surface area (Å²) in [6, 6.07) is 9.13. The molecule has 0 unspecified atom stereocenters. The van der Waals surface area contributed by atoms with Crippen molar-refractivity contribution in [3.63, 3.8) is 0 Å². The number of carbonyl (C=O) groups excluding carboxylic acids is 1. The number of likely N-dealkylation sites (tertiary alicyclic amines) is 1. The third kappa shape index (κ3) is 3.43. The van der Waals surface area contributed by atoms with Crippen LogP contribution in [0.5, 0.6) is 0 Å². The van der Waals surface area contributed by atoms with Crippen LogP contribution in [0.2, 0.25) is 0 Å². The fraction of sp³-hybridized carbons (Fsp3) is 0.500. The number of carbonyl (C=O) groups is 1.